The van der Waals surface area contributed by atoms with E-state index in [0.29, 0.717) is 12.5 Å². The highest BCUT2D eigenvalue weighted by Crippen LogP contribution is 2.14. The predicted octanol–water partition coefficient (Wildman–Crippen LogP) is 3.73. The number of rotatable bonds is 7. The van der Waals surface area contributed by atoms with Gasteiger partial charge in [-0.25, -0.2) is 5.43 Å². The van der Waals surface area contributed by atoms with Gasteiger partial charge in [0.15, 0.2) is 0 Å². The first-order chi connectivity index (χ1) is 14.0. The summed E-state index contributed by atoms with van der Waals surface area (Å²) < 4.78 is 0. The van der Waals surface area contributed by atoms with Crippen LogP contribution in [0.15, 0.2) is 53.6 Å². The van der Waals surface area contributed by atoms with Crippen molar-refractivity contribution in [3.63, 3.8) is 0 Å². The molecule has 1 amide bonds. The van der Waals surface area contributed by atoms with Crippen molar-refractivity contribution in [2.24, 2.45) is 5.10 Å². The molecule has 5 nitrogen and oxygen atoms in total. The molecule has 1 fully saturated rings. The summed E-state index contributed by atoms with van der Waals surface area (Å²) in [6.45, 7) is 9.27. The van der Waals surface area contributed by atoms with Crippen LogP contribution in [0.1, 0.15) is 36.5 Å². The molecule has 0 aromatic heterocycles. The molecule has 0 unspecified atom stereocenters. The molecule has 1 heterocycles. The van der Waals surface area contributed by atoms with E-state index in [1.165, 1.54) is 11.1 Å². The van der Waals surface area contributed by atoms with Crippen LogP contribution in [0.2, 0.25) is 5.02 Å². The van der Waals surface area contributed by atoms with Gasteiger partial charge in [-0.2, -0.15) is 5.10 Å². The zero-order valence-electron chi connectivity index (χ0n) is 17.1. The normalized spacial score (nSPS) is 15.9. The molecule has 0 bridgehead atoms. The summed E-state index contributed by atoms with van der Waals surface area (Å²) in [5, 5.41) is 4.85. The van der Waals surface area contributed by atoms with Gasteiger partial charge < -0.3 is 0 Å². The quantitative estimate of drug-likeness (QED) is 0.556. The van der Waals surface area contributed by atoms with Crippen molar-refractivity contribution in [1.82, 2.24) is 15.2 Å². The maximum absolute atomic E-state index is 12.2. The first kappa shape index (κ1) is 21.5. The SMILES string of the molecule is CC(C)c1ccc(/C=N\NC(=O)CN2CCN(Cc3ccc(Cl)cc3)CC2)cc1. The van der Waals surface area contributed by atoms with E-state index in [1.807, 2.05) is 24.3 Å². The van der Waals surface area contributed by atoms with E-state index in [0.717, 1.165) is 43.3 Å². The summed E-state index contributed by atoms with van der Waals surface area (Å²) in [5.74, 6) is 0.429. The number of carbonyl (C=O) groups excluding carboxylic acids is 1. The number of piperazine rings is 1. The molecule has 0 radical (unpaired) electrons. The molecule has 1 saturated heterocycles. The Morgan fingerprint density at radius 3 is 2.28 bits per heavy atom. The third-order valence-corrected chi connectivity index (χ3v) is 5.41. The lowest BCUT2D eigenvalue weighted by atomic mass is 10.0. The zero-order valence-corrected chi connectivity index (χ0v) is 17.9. The zero-order chi connectivity index (χ0) is 20.6. The number of hydrogen-bond acceptors (Lipinski definition) is 4. The number of carbonyl (C=O) groups is 1. The summed E-state index contributed by atoms with van der Waals surface area (Å²) in [6.07, 6.45) is 1.69. The molecule has 1 aliphatic heterocycles. The van der Waals surface area contributed by atoms with E-state index in [4.69, 9.17) is 11.6 Å². The van der Waals surface area contributed by atoms with Gasteiger partial charge in [0.05, 0.1) is 12.8 Å². The Hall–Kier alpha value is -2.21. The largest absolute Gasteiger partial charge is 0.297 e. The van der Waals surface area contributed by atoms with Gasteiger partial charge in [-0.15, -0.1) is 0 Å². The summed E-state index contributed by atoms with van der Waals surface area (Å²) in [6, 6.07) is 16.2. The predicted molar refractivity (Wildman–Crippen MR) is 119 cm³/mol. The fourth-order valence-electron chi connectivity index (χ4n) is 3.34. The molecule has 0 aliphatic carbocycles. The topological polar surface area (TPSA) is 47.9 Å². The molecule has 0 saturated carbocycles. The number of nitrogens with zero attached hydrogens (tertiary/aromatic N) is 3. The Morgan fingerprint density at radius 1 is 1.03 bits per heavy atom. The number of benzene rings is 2. The van der Waals surface area contributed by atoms with Crippen molar-refractivity contribution in [3.05, 3.63) is 70.2 Å². The second-order valence-electron chi connectivity index (χ2n) is 7.79. The minimum Gasteiger partial charge on any atom is -0.297 e. The van der Waals surface area contributed by atoms with Gasteiger partial charge in [-0.05, 0) is 34.7 Å². The summed E-state index contributed by atoms with van der Waals surface area (Å²) in [5.41, 5.74) is 6.17. The second-order valence-corrected chi connectivity index (χ2v) is 8.23. The number of amides is 1. The fraction of sp³-hybridized carbons (Fsp3) is 0.391. The van der Waals surface area contributed by atoms with Crippen molar-refractivity contribution in [2.75, 3.05) is 32.7 Å². The molecular weight excluding hydrogens is 384 g/mol. The molecule has 0 spiro atoms. The smallest absolute Gasteiger partial charge is 0.254 e. The van der Waals surface area contributed by atoms with Crippen molar-refractivity contribution in [2.45, 2.75) is 26.3 Å². The first-order valence-electron chi connectivity index (χ1n) is 10.1. The molecule has 29 heavy (non-hydrogen) atoms. The molecule has 154 valence electrons. The molecule has 2 aromatic rings. The highest BCUT2D eigenvalue weighted by Gasteiger charge is 2.18. The van der Waals surface area contributed by atoms with Gasteiger partial charge in [-0.1, -0.05) is 61.8 Å². The standard InChI is InChI=1S/C23H29ClN4O/c1-18(2)21-7-3-19(4-8-21)15-25-26-23(29)17-28-13-11-27(12-14-28)16-20-5-9-22(24)10-6-20/h3-10,15,18H,11-14,16-17H2,1-2H3,(H,26,29)/b25-15-. The van der Waals surface area contributed by atoms with E-state index in [1.54, 1.807) is 6.21 Å². The van der Waals surface area contributed by atoms with Gasteiger partial charge in [0.2, 0.25) is 0 Å². The Labute approximate surface area is 178 Å². The molecule has 0 atom stereocenters. The summed E-state index contributed by atoms with van der Waals surface area (Å²) >= 11 is 5.94. The van der Waals surface area contributed by atoms with E-state index in [-0.39, 0.29) is 5.91 Å². The summed E-state index contributed by atoms with van der Waals surface area (Å²) in [4.78, 5) is 16.7. The Balaban J connectivity index is 1.37. The number of halogens is 1. The van der Waals surface area contributed by atoms with Crippen LogP contribution in [0.25, 0.3) is 0 Å². The van der Waals surface area contributed by atoms with Crippen LogP contribution < -0.4 is 5.43 Å². The molecule has 2 aromatic carbocycles. The van der Waals surface area contributed by atoms with Crippen LogP contribution in [0, 0.1) is 0 Å². The van der Waals surface area contributed by atoms with E-state index in [9.17, 15) is 4.79 Å². The first-order valence-corrected chi connectivity index (χ1v) is 10.5. The van der Waals surface area contributed by atoms with Crippen LogP contribution in [-0.4, -0.2) is 54.6 Å². The van der Waals surface area contributed by atoms with Crippen LogP contribution in [0.5, 0.6) is 0 Å². The van der Waals surface area contributed by atoms with Crippen molar-refractivity contribution >= 4 is 23.7 Å². The molecule has 3 rings (SSSR count). The Kier molecular flexibility index (Phi) is 7.81. The third-order valence-electron chi connectivity index (χ3n) is 5.16. The monoisotopic (exact) mass is 412 g/mol. The highest BCUT2D eigenvalue weighted by molar-refractivity contribution is 6.30. The lowest BCUT2D eigenvalue weighted by Crippen LogP contribution is -2.48. The van der Waals surface area contributed by atoms with Crippen LogP contribution in [0.3, 0.4) is 0 Å². The number of hydrogen-bond donors (Lipinski definition) is 1. The van der Waals surface area contributed by atoms with Gasteiger partial charge >= 0.3 is 0 Å². The highest BCUT2D eigenvalue weighted by atomic mass is 35.5. The number of nitrogens with one attached hydrogen (secondary N) is 1. The summed E-state index contributed by atoms with van der Waals surface area (Å²) in [7, 11) is 0. The van der Waals surface area contributed by atoms with Gasteiger partial charge in [0.25, 0.3) is 5.91 Å². The molecule has 1 aliphatic rings. The minimum atomic E-state index is -0.0776. The van der Waals surface area contributed by atoms with Crippen molar-refractivity contribution < 1.29 is 4.79 Å². The van der Waals surface area contributed by atoms with Crippen molar-refractivity contribution in [1.29, 1.82) is 0 Å². The van der Waals surface area contributed by atoms with Gasteiger partial charge in [-0.3, -0.25) is 14.6 Å². The van der Waals surface area contributed by atoms with E-state index in [2.05, 4.69) is 58.4 Å². The molecule has 1 N–H and O–H groups in total. The third kappa shape index (κ3) is 6.96. The van der Waals surface area contributed by atoms with Crippen LogP contribution in [0.4, 0.5) is 0 Å². The maximum Gasteiger partial charge on any atom is 0.254 e. The van der Waals surface area contributed by atoms with E-state index >= 15 is 0 Å². The lowest BCUT2D eigenvalue weighted by molar-refractivity contribution is -0.122. The second kappa shape index (κ2) is 10.5. The Morgan fingerprint density at radius 2 is 1.66 bits per heavy atom. The fourth-order valence-corrected chi connectivity index (χ4v) is 3.46. The molecule has 6 heteroatoms. The average molecular weight is 413 g/mol. The molecular formula is C23H29ClN4O. The average Bonchev–Trinajstić information content (AvgIpc) is 2.71. The van der Waals surface area contributed by atoms with Crippen LogP contribution in [-0.2, 0) is 11.3 Å². The Bertz CT molecular complexity index is 810. The number of hydrazone groups is 1. The van der Waals surface area contributed by atoms with E-state index < -0.39 is 0 Å². The van der Waals surface area contributed by atoms with Gasteiger partial charge in [0.1, 0.15) is 0 Å². The van der Waals surface area contributed by atoms with Crippen LogP contribution >= 0.6 is 11.6 Å². The van der Waals surface area contributed by atoms with Gasteiger partial charge in [0, 0.05) is 37.7 Å². The minimum absolute atomic E-state index is 0.0776. The lowest BCUT2D eigenvalue weighted by Gasteiger charge is -2.34. The van der Waals surface area contributed by atoms with Crippen molar-refractivity contribution in [3.8, 4) is 0 Å². The maximum atomic E-state index is 12.2.